The molecule has 1 aromatic carbocycles. The van der Waals surface area contributed by atoms with Gasteiger partial charge in [0.2, 0.25) is 5.91 Å². The topological polar surface area (TPSA) is 59.8 Å². The first-order valence-corrected chi connectivity index (χ1v) is 8.05. The normalized spacial score (nSPS) is 15.6. The van der Waals surface area contributed by atoms with Gasteiger partial charge in [0.05, 0.1) is 5.25 Å². The summed E-state index contributed by atoms with van der Waals surface area (Å²) in [5, 5.41) is 11.6. The van der Waals surface area contributed by atoms with Crippen LogP contribution in [0.15, 0.2) is 29.4 Å². The van der Waals surface area contributed by atoms with Crippen molar-refractivity contribution in [2.45, 2.75) is 36.1 Å². The van der Waals surface area contributed by atoms with Crippen LogP contribution in [-0.4, -0.2) is 25.9 Å². The van der Waals surface area contributed by atoms with Gasteiger partial charge in [-0.15, -0.1) is 10.2 Å². The second-order valence-corrected chi connectivity index (χ2v) is 6.74. The Hall–Kier alpha value is -1.89. The molecule has 1 saturated carbocycles. The summed E-state index contributed by atoms with van der Waals surface area (Å²) >= 11 is 1.37. The minimum atomic E-state index is -0.327. The molecule has 0 spiro atoms. The van der Waals surface area contributed by atoms with Crippen molar-refractivity contribution in [2.24, 2.45) is 7.05 Å². The molecule has 1 aromatic heterocycles. The van der Waals surface area contributed by atoms with E-state index in [2.05, 4.69) is 15.5 Å². The number of nitrogens with zero attached hydrogens (tertiary/aromatic N) is 3. The van der Waals surface area contributed by atoms with Gasteiger partial charge in [0.25, 0.3) is 0 Å². The molecular weight excluding hydrogens is 303 g/mol. The molecule has 1 fully saturated rings. The summed E-state index contributed by atoms with van der Waals surface area (Å²) in [4.78, 5) is 12.2. The zero-order valence-electron chi connectivity index (χ0n) is 12.4. The SMILES string of the molecule is C[C@H](Sc1nnc(C2CC2)n1C)C(=O)Nc1ccc(F)cc1. The Morgan fingerprint density at radius 1 is 1.36 bits per heavy atom. The lowest BCUT2D eigenvalue weighted by Gasteiger charge is -2.11. The van der Waals surface area contributed by atoms with E-state index in [1.807, 2.05) is 18.5 Å². The number of anilines is 1. The molecule has 1 atom stereocenters. The largest absolute Gasteiger partial charge is 0.325 e. The van der Waals surface area contributed by atoms with E-state index < -0.39 is 0 Å². The average Bonchev–Trinajstić information content (AvgIpc) is 3.27. The molecule has 1 amide bonds. The molecule has 2 aromatic rings. The molecule has 0 aliphatic heterocycles. The van der Waals surface area contributed by atoms with Crippen LogP contribution in [0.1, 0.15) is 31.5 Å². The molecule has 1 aliphatic carbocycles. The van der Waals surface area contributed by atoms with Crippen LogP contribution in [0.4, 0.5) is 10.1 Å². The summed E-state index contributed by atoms with van der Waals surface area (Å²) < 4.78 is 14.8. The quantitative estimate of drug-likeness (QED) is 0.861. The minimum absolute atomic E-state index is 0.146. The Morgan fingerprint density at radius 3 is 2.68 bits per heavy atom. The van der Waals surface area contributed by atoms with E-state index in [1.54, 1.807) is 0 Å². The molecule has 5 nitrogen and oxygen atoms in total. The predicted octanol–water partition coefficient (Wildman–Crippen LogP) is 2.95. The van der Waals surface area contributed by atoms with Gasteiger partial charge >= 0.3 is 0 Å². The van der Waals surface area contributed by atoms with Crippen molar-refractivity contribution >= 4 is 23.4 Å². The first-order valence-electron chi connectivity index (χ1n) is 7.17. The number of carbonyl (C=O) groups is 1. The van der Waals surface area contributed by atoms with E-state index in [9.17, 15) is 9.18 Å². The Morgan fingerprint density at radius 2 is 2.05 bits per heavy atom. The van der Waals surface area contributed by atoms with Crippen molar-refractivity contribution < 1.29 is 9.18 Å². The number of hydrogen-bond acceptors (Lipinski definition) is 4. The van der Waals surface area contributed by atoms with Crippen molar-refractivity contribution in [1.29, 1.82) is 0 Å². The smallest absolute Gasteiger partial charge is 0.237 e. The van der Waals surface area contributed by atoms with Crippen LogP contribution in [0.3, 0.4) is 0 Å². The highest BCUT2D eigenvalue weighted by Crippen LogP contribution is 2.39. The summed E-state index contributed by atoms with van der Waals surface area (Å²) in [6.07, 6.45) is 2.33. The number of aromatic nitrogens is 3. The van der Waals surface area contributed by atoms with Crippen molar-refractivity contribution in [3.05, 3.63) is 35.9 Å². The highest BCUT2D eigenvalue weighted by atomic mass is 32.2. The Kier molecular flexibility index (Phi) is 4.15. The lowest BCUT2D eigenvalue weighted by molar-refractivity contribution is -0.115. The number of nitrogens with one attached hydrogen (secondary N) is 1. The van der Waals surface area contributed by atoms with Crippen LogP contribution in [0.25, 0.3) is 0 Å². The zero-order valence-corrected chi connectivity index (χ0v) is 13.2. The molecule has 0 saturated heterocycles. The van der Waals surface area contributed by atoms with E-state index in [0.29, 0.717) is 11.6 Å². The van der Waals surface area contributed by atoms with E-state index in [-0.39, 0.29) is 17.0 Å². The fourth-order valence-electron chi connectivity index (χ4n) is 2.11. The maximum atomic E-state index is 12.9. The Balaban J connectivity index is 1.62. The Bertz CT molecular complexity index is 681. The van der Waals surface area contributed by atoms with E-state index in [0.717, 1.165) is 23.8 Å². The van der Waals surface area contributed by atoms with Gasteiger partial charge in [-0.3, -0.25) is 4.79 Å². The third-order valence-electron chi connectivity index (χ3n) is 3.57. The van der Waals surface area contributed by atoms with Crippen LogP contribution in [0.2, 0.25) is 0 Å². The standard InChI is InChI=1S/C15H17FN4OS/c1-9(14(21)17-12-7-5-11(16)6-8-12)22-15-19-18-13(20(15)2)10-3-4-10/h5-10H,3-4H2,1-2H3,(H,17,21)/t9-/m0/s1. The lowest BCUT2D eigenvalue weighted by atomic mass is 10.3. The predicted molar refractivity (Wildman–Crippen MR) is 83.3 cm³/mol. The highest BCUT2D eigenvalue weighted by molar-refractivity contribution is 8.00. The molecule has 1 heterocycles. The van der Waals surface area contributed by atoms with Crippen LogP contribution < -0.4 is 5.32 Å². The van der Waals surface area contributed by atoms with Crippen LogP contribution in [0.5, 0.6) is 0 Å². The molecule has 0 radical (unpaired) electrons. The van der Waals surface area contributed by atoms with E-state index in [1.165, 1.54) is 36.0 Å². The average molecular weight is 320 g/mol. The molecule has 1 aliphatic rings. The summed E-state index contributed by atoms with van der Waals surface area (Å²) in [6.45, 7) is 1.81. The third kappa shape index (κ3) is 3.30. The fraction of sp³-hybridized carbons (Fsp3) is 0.400. The molecule has 0 bridgehead atoms. The molecule has 7 heteroatoms. The summed E-state index contributed by atoms with van der Waals surface area (Å²) in [5.41, 5.74) is 0.579. The number of thioether (sulfide) groups is 1. The number of rotatable bonds is 5. The third-order valence-corrected chi connectivity index (χ3v) is 4.71. The first kappa shape index (κ1) is 15.0. The molecular formula is C15H17FN4OS. The molecule has 116 valence electrons. The van der Waals surface area contributed by atoms with E-state index in [4.69, 9.17) is 0 Å². The second kappa shape index (κ2) is 6.08. The van der Waals surface area contributed by atoms with Crippen LogP contribution in [0, 0.1) is 5.82 Å². The van der Waals surface area contributed by atoms with Gasteiger partial charge in [-0.2, -0.15) is 0 Å². The summed E-state index contributed by atoms with van der Waals surface area (Å²) in [6, 6.07) is 5.71. The van der Waals surface area contributed by atoms with Gasteiger partial charge in [0, 0.05) is 18.7 Å². The van der Waals surface area contributed by atoms with Gasteiger partial charge in [-0.25, -0.2) is 4.39 Å². The van der Waals surface area contributed by atoms with Crippen molar-refractivity contribution in [3.63, 3.8) is 0 Å². The van der Waals surface area contributed by atoms with Crippen molar-refractivity contribution in [1.82, 2.24) is 14.8 Å². The zero-order chi connectivity index (χ0) is 15.7. The maximum absolute atomic E-state index is 12.9. The minimum Gasteiger partial charge on any atom is -0.325 e. The molecule has 22 heavy (non-hydrogen) atoms. The molecule has 1 N–H and O–H groups in total. The number of carbonyl (C=O) groups excluding carboxylic acids is 1. The van der Waals surface area contributed by atoms with E-state index >= 15 is 0 Å². The molecule has 0 unspecified atom stereocenters. The van der Waals surface area contributed by atoms with Gasteiger partial charge in [-0.05, 0) is 44.0 Å². The first-order chi connectivity index (χ1) is 10.5. The van der Waals surface area contributed by atoms with Crippen LogP contribution in [-0.2, 0) is 11.8 Å². The molecule has 3 rings (SSSR count). The monoisotopic (exact) mass is 320 g/mol. The number of halogens is 1. The fourth-order valence-corrected chi connectivity index (χ4v) is 2.94. The van der Waals surface area contributed by atoms with Crippen molar-refractivity contribution in [3.8, 4) is 0 Å². The summed E-state index contributed by atoms with van der Waals surface area (Å²) in [7, 11) is 1.93. The maximum Gasteiger partial charge on any atom is 0.237 e. The second-order valence-electron chi connectivity index (χ2n) is 5.43. The Labute approximate surface area is 132 Å². The van der Waals surface area contributed by atoms with Gasteiger partial charge in [0.1, 0.15) is 11.6 Å². The lowest BCUT2D eigenvalue weighted by Crippen LogP contribution is -2.22. The number of hydrogen-bond donors (Lipinski definition) is 1. The van der Waals surface area contributed by atoms with Crippen LogP contribution >= 0.6 is 11.8 Å². The van der Waals surface area contributed by atoms with Gasteiger partial charge in [0.15, 0.2) is 5.16 Å². The van der Waals surface area contributed by atoms with Gasteiger partial charge < -0.3 is 9.88 Å². The highest BCUT2D eigenvalue weighted by Gasteiger charge is 2.30. The summed E-state index contributed by atoms with van der Waals surface area (Å²) in [5.74, 6) is 1.04. The number of amides is 1. The number of benzene rings is 1. The van der Waals surface area contributed by atoms with Crippen molar-refractivity contribution in [2.75, 3.05) is 5.32 Å². The van der Waals surface area contributed by atoms with Gasteiger partial charge in [-0.1, -0.05) is 11.8 Å².